The van der Waals surface area contributed by atoms with Gasteiger partial charge in [-0.2, -0.15) is 5.10 Å². The van der Waals surface area contributed by atoms with Crippen LogP contribution in [0.15, 0.2) is 51.5 Å². The van der Waals surface area contributed by atoms with Crippen LogP contribution in [0.3, 0.4) is 0 Å². The number of aromatic nitrogens is 5. The highest BCUT2D eigenvalue weighted by molar-refractivity contribution is 6.44. The van der Waals surface area contributed by atoms with Gasteiger partial charge in [0.2, 0.25) is 0 Å². The fourth-order valence-electron chi connectivity index (χ4n) is 4.97. The van der Waals surface area contributed by atoms with E-state index in [9.17, 15) is 4.79 Å². The maximum atomic E-state index is 12.9. The molecular weight excluding hydrogens is 408 g/mol. The lowest BCUT2D eigenvalue weighted by atomic mass is 9.93. The Kier molecular flexibility index (Phi) is 4.37. The number of nitrogens with zero attached hydrogens (tertiary/aromatic N) is 6. The number of carbonyl (C=O) groups is 1. The van der Waals surface area contributed by atoms with E-state index in [2.05, 4.69) is 47.0 Å². The number of hydrogen-bond acceptors (Lipinski definition) is 7. The molecular formula is C22H22N8O2. The first-order valence-electron chi connectivity index (χ1n) is 10.9. The van der Waals surface area contributed by atoms with Crippen LogP contribution in [-0.4, -0.2) is 47.9 Å². The number of H-pyrrole nitrogens is 1. The number of nitrogens with one attached hydrogen (secondary N) is 2. The van der Waals surface area contributed by atoms with Gasteiger partial charge in [0.05, 0.1) is 18.0 Å². The maximum absolute atomic E-state index is 12.9. The minimum absolute atomic E-state index is 0.0451. The molecule has 4 aromatic heterocycles. The Balaban J connectivity index is 1.20. The zero-order valence-electron chi connectivity index (χ0n) is 17.5. The summed E-state index contributed by atoms with van der Waals surface area (Å²) < 4.78 is 7.45. The smallest absolute Gasteiger partial charge is 0.268 e. The summed E-state index contributed by atoms with van der Waals surface area (Å²) in [5.74, 6) is 2.00. The quantitative estimate of drug-likeness (QED) is 0.503. The SMILES string of the molecule is CC[C@@H]1C[C@H](NC(=O)C2=NN=C(c3ccco3)C2)C[C@@H]1c1nnc2cnc3[nH]ccc3n12. The Labute approximate surface area is 182 Å². The van der Waals surface area contributed by atoms with E-state index < -0.39 is 0 Å². The summed E-state index contributed by atoms with van der Waals surface area (Å²) in [7, 11) is 0. The summed E-state index contributed by atoms with van der Waals surface area (Å²) in [5, 5.41) is 20.3. The Bertz CT molecular complexity index is 1360. The third kappa shape index (κ3) is 3.02. The zero-order chi connectivity index (χ0) is 21.7. The number of amides is 1. The van der Waals surface area contributed by atoms with Crippen LogP contribution in [0.5, 0.6) is 0 Å². The van der Waals surface area contributed by atoms with Gasteiger partial charge in [-0.1, -0.05) is 13.3 Å². The molecule has 0 radical (unpaired) electrons. The summed E-state index contributed by atoms with van der Waals surface area (Å²) in [5.41, 5.74) is 3.60. The number of hydrogen-bond donors (Lipinski definition) is 2. The maximum Gasteiger partial charge on any atom is 0.268 e. The standard InChI is InChI=1S/C22H22N8O2/c1-2-12-8-13(25-22(31)16-10-15(26-27-16)18-4-3-7-32-18)9-14(12)21-29-28-19-11-24-20-17(30(19)21)5-6-23-20/h3-7,11-14,23H,2,8-10H2,1H3,(H,25,31)/t12-,13+,14+/m1/s1. The van der Waals surface area contributed by atoms with Gasteiger partial charge in [-0.25, -0.2) is 4.98 Å². The van der Waals surface area contributed by atoms with Crippen molar-refractivity contribution in [2.45, 2.75) is 44.6 Å². The summed E-state index contributed by atoms with van der Waals surface area (Å²) in [6.45, 7) is 2.18. The van der Waals surface area contributed by atoms with Gasteiger partial charge in [-0.05, 0) is 37.0 Å². The van der Waals surface area contributed by atoms with Crippen LogP contribution in [0.1, 0.15) is 50.1 Å². The largest absolute Gasteiger partial charge is 0.463 e. The van der Waals surface area contributed by atoms with Crippen molar-refractivity contribution in [3.63, 3.8) is 0 Å². The van der Waals surface area contributed by atoms with Crippen molar-refractivity contribution >= 4 is 34.1 Å². The molecule has 32 heavy (non-hydrogen) atoms. The molecule has 1 aliphatic carbocycles. The van der Waals surface area contributed by atoms with E-state index in [4.69, 9.17) is 4.42 Å². The van der Waals surface area contributed by atoms with Crippen molar-refractivity contribution in [3.8, 4) is 0 Å². The van der Waals surface area contributed by atoms with Gasteiger partial charge in [0.25, 0.3) is 5.91 Å². The summed E-state index contributed by atoms with van der Waals surface area (Å²) in [6, 6.07) is 5.66. The van der Waals surface area contributed by atoms with Crippen LogP contribution in [0.25, 0.3) is 16.8 Å². The Morgan fingerprint density at radius 2 is 2.22 bits per heavy atom. The first-order valence-corrected chi connectivity index (χ1v) is 10.9. The number of aromatic amines is 1. The van der Waals surface area contributed by atoms with Crippen LogP contribution in [0, 0.1) is 5.92 Å². The number of carbonyl (C=O) groups excluding carboxylic acids is 1. The molecule has 5 heterocycles. The van der Waals surface area contributed by atoms with Gasteiger partial charge >= 0.3 is 0 Å². The highest BCUT2D eigenvalue weighted by Gasteiger charge is 2.38. The van der Waals surface area contributed by atoms with Crippen LogP contribution < -0.4 is 5.32 Å². The van der Waals surface area contributed by atoms with Crippen LogP contribution >= 0.6 is 0 Å². The molecule has 0 bridgehead atoms. The molecule has 0 saturated heterocycles. The predicted octanol–water partition coefficient (Wildman–Crippen LogP) is 2.84. The number of furan rings is 1. The Morgan fingerprint density at radius 1 is 1.28 bits per heavy atom. The van der Waals surface area contributed by atoms with Crippen molar-refractivity contribution in [1.82, 2.24) is 29.9 Å². The average molecular weight is 430 g/mol. The van der Waals surface area contributed by atoms with E-state index in [1.165, 1.54) is 0 Å². The lowest BCUT2D eigenvalue weighted by Gasteiger charge is -2.15. The lowest BCUT2D eigenvalue weighted by molar-refractivity contribution is -0.115. The molecule has 2 aliphatic rings. The number of fused-ring (bicyclic) bond motifs is 3. The molecule has 162 valence electrons. The van der Waals surface area contributed by atoms with E-state index in [1.54, 1.807) is 18.5 Å². The van der Waals surface area contributed by atoms with Gasteiger partial charge in [-0.15, -0.1) is 15.3 Å². The van der Waals surface area contributed by atoms with E-state index in [0.29, 0.717) is 29.5 Å². The van der Waals surface area contributed by atoms with E-state index in [0.717, 1.165) is 41.9 Å². The van der Waals surface area contributed by atoms with E-state index in [1.807, 2.05) is 18.3 Å². The predicted molar refractivity (Wildman–Crippen MR) is 118 cm³/mol. The first-order chi connectivity index (χ1) is 15.7. The minimum Gasteiger partial charge on any atom is -0.463 e. The molecule has 1 aliphatic heterocycles. The lowest BCUT2D eigenvalue weighted by Crippen LogP contribution is -2.38. The monoisotopic (exact) mass is 430 g/mol. The molecule has 3 atom stereocenters. The molecule has 1 amide bonds. The first kappa shape index (κ1) is 18.9. The Hall–Kier alpha value is -3.82. The zero-order valence-corrected chi connectivity index (χ0v) is 17.5. The van der Waals surface area contributed by atoms with Crippen molar-refractivity contribution in [2.75, 3.05) is 0 Å². The summed E-state index contributed by atoms with van der Waals surface area (Å²) >= 11 is 0. The van der Waals surface area contributed by atoms with Crippen molar-refractivity contribution < 1.29 is 9.21 Å². The second-order valence-electron chi connectivity index (χ2n) is 8.39. The van der Waals surface area contributed by atoms with Gasteiger partial charge in [0.15, 0.2) is 11.3 Å². The number of rotatable bonds is 5. The molecule has 0 spiro atoms. The fourth-order valence-corrected chi connectivity index (χ4v) is 4.97. The molecule has 0 unspecified atom stereocenters. The second-order valence-corrected chi connectivity index (χ2v) is 8.39. The van der Waals surface area contributed by atoms with Gasteiger partial charge in [0.1, 0.15) is 23.0 Å². The van der Waals surface area contributed by atoms with Gasteiger partial charge in [-0.3, -0.25) is 9.20 Å². The Morgan fingerprint density at radius 3 is 3.06 bits per heavy atom. The van der Waals surface area contributed by atoms with E-state index >= 15 is 0 Å². The normalized spacial score (nSPS) is 23.1. The molecule has 10 heteroatoms. The third-order valence-electron chi connectivity index (χ3n) is 6.55. The fraction of sp³-hybridized carbons (Fsp3) is 0.364. The molecule has 6 rings (SSSR count). The summed E-state index contributed by atoms with van der Waals surface area (Å²) in [6.07, 6.45) is 8.27. The molecule has 0 aromatic carbocycles. The van der Waals surface area contributed by atoms with Crippen molar-refractivity contribution in [1.29, 1.82) is 0 Å². The molecule has 2 N–H and O–H groups in total. The summed E-state index contributed by atoms with van der Waals surface area (Å²) in [4.78, 5) is 20.4. The molecule has 4 aromatic rings. The van der Waals surface area contributed by atoms with Gasteiger partial charge < -0.3 is 14.7 Å². The second kappa shape index (κ2) is 7.40. The van der Waals surface area contributed by atoms with Crippen LogP contribution in [0.4, 0.5) is 0 Å². The van der Waals surface area contributed by atoms with Crippen LogP contribution in [0.2, 0.25) is 0 Å². The topological polar surface area (TPSA) is 126 Å². The molecule has 1 saturated carbocycles. The van der Waals surface area contributed by atoms with Crippen molar-refractivity contribution in [2.24, 2.45) is 16.1 Å². The average Bonchev–Trinajstić information content (AvgIpc) is 3.61. The molecule has 10 nitrogen and oxygen atoms in total. The minimum atomic E-state index is -0.167. The van der Waals surface area contributed by atoms with Crippen molar-refractivity contribution in [3.05, 3.63) is 48.4 Å². The van der Waals surface area contributed by atoms with E-state index in [-0.39, 0.29) is 17.9 Å². The highest BCUT2D eigenvalue weighted by atomic mass is 16.3. The van der Waals surface area contributed by atoms with Crippen LogP contribution in [-0.2, 0) is 4.79 Å². The third-order valence-corrected chi connectivity index (χ3v) is 6.55. The highest BCUT2D eigenvalue weighted by Crippen LogP contribution is 2.41. The molecule has 1 fully saturated rings. The van der Waals surface area contributed by atoms with Gasteiger partial charge in [0, 0.05) is 24.6 Å².